The number of halogens is 1. The summed E-state index contributed by atoms with van der Waals surface area (Å²) in [7, 11) is 0. The number of hydrogen-bond acceptors (Lipinski definition) is 5. The molecule has 1 amide bonds. The van der Waals surface area contributed by atoms with Crippen LogP contribution in [0.4, 0.5) is 16.0 Å². The molecule has 0 bridgehead atoms. The number of carbonyl (C=O) groups excluding carboxylic acids is 2. The van der Waals surface area contributed by atoms with E-state index in [1.165, 1.54) is 18.6 Å². The molecular formula is C33H36FN5O2. The van der Waals surface area contributed by atoms with Crippen molar-refractivity contribution in [3.63, 3.8) is 0 Å². The number of allylic oxidation sites excluding steroid dienone is 3. The highest BCUT2D eigenvalue weighted by Crippen LogP contribution is 2.50. The standard InChI is InChI=1S/C33H36FN5O2/c1-4-33(13-6-14-33)18-27(41)37-31-29-24(28-25(36-30(29)38-39-31)16-32(2,3)17-26(28)40)12-11-23-10-9-21(19-35-23)20-7-5-8-22(34)15-20/h5,7-12,15,19,24H,4,6,13-14,16-18H2,1-3H3,(H3,36,37,38,39,41)/b12-11+. The third-order valence-electron chi connectivity index (χ3n) is 8.98. The van der Waals surface area contributed by atoms with Crippen LogP contribution in [0.3, 0.4) is 0 Å². The van der Waals surface area contributed by atoms with Crippen molar-refractivity contribution in [2.24, 2.45) is 10.8 Å². The van der Waals surface area contributed by atoms with Gasteiger partial charge in [0, 0.05) is 41.8 Å². The summed E-state index contributed by atoms with van der Waals surface area (Å²) in [4.78, 5) is 31.2. The van der Waals surface area contributed by atoms with Crippen LogP contribution in [-0.2, 0) is 9.59 Å². The molecule has 2 aliphatic carbocycles. The molecule has 41 heavy (non-hydrogen) atoms. The Morgan fingerprint density at radius 1 is 1.17 bits per heavy atom. The van der Waals surface area contributed by atoms with E-state index in [4.69, 9.17) is 0 Å². The number of benzene rings is 1. The average Bonchev–Trinajstić information content (AvgIpc) is 3.30. The van der Waals surface area contributed by atoms with Crippen LogP contribution in [0, 0.1) is 16.6 Å². The second-order valence-corrected chi connectivity index (χ2v) is 12.6. The Kier molecular flexibility index (Phi) is 6.88. The van der Waals surface area contributed by atoms with Gasteiger partial charge < -0.3 is 10.6 Å². The summed E-state index contributed by atoms with van der Waals surface area (Å²) in [6.45, 7) is 6.35. The van der Waals surface area contributed by atoms with Crippen LogP contribution in [-0.4, -0.2) is 26.9 Å². The molecule has 3 N–H and O–H groups in total. The first-order chi connectivity index (χ1) is 19.7. The molecule has 1 aromatic carbocycles. The predicted molar refractivity (Wildman–Crippen MR) is 158 cm³/mol. The summed E-state index contributed by atoms with van der Waals surface area (Å²) in [6, 6.07) is 10.2. The molecule has 3 aromatic rings. The minimum Gasteiger partial charge on any atom is -0.343 e. The minimum atomic E-state index is -0.396. The molecule has 0 saturated heterocycles. The largest absolute Gasteiger partial charge is 0.343 e. The van der Waals surface area contributed by atoms with Gasteiger partial charge in [-0.2, -0.15) is 5.10 Å². The molecule has 1 aliphatic heterocycles. The molecule has 0 radical (unpaired) electrons. The number of pyridine rings is 1. The van der Waals surface area contributed by atoms with Gasteiger partial charge in [0.15, 0.2) is 11.6 Å². The molecule has 3 aliphatic rings. The number of nitrogens with zero attached hydrogens (tertiary/aromatic N) is 2. The molecule has 1 unspecified atom stereocenters. The van der Waals surface area contributed by atoms with Crippen LogP contribution >= 0.6 is 0 Å². The summed E-state index contributed by atoms with van der Waals surface area (Å²) in [5.41, 5.74) is 4.58. The van der Waals surface area contributed by atoms with Crippen molar-refractivity contribution in [1.29, 1.82) is 0 Å². The lowest BCUT2D eigenvalue weighted by molar-refractivity contribution is -0.120. The third kappa shape index (κ3) is 5.35. The predicted octanol–water partition coefficient (Wildman–Crippen LogP) is 7.39. The Bertz CT molecular complexity index is 1560. The van der Waals surface area contributed by atoms with Crippen molar-refractivity contribution in [1.82, 2.24) is 15.2 Å². The first-order valence-corrected chi connectivity index (χ1v) is 14.5. The summed E-state index contributed by atoms with van der Waals surface area (Å²) < 4.78 is 13.7. The van der Waals surface area contributed by atoms with E-state index in [1.54, 1.807) is 12.3 Å². The second-order valence-electron chi connectivity index (χ2n) is 12.6. The number of anilines is 2. The van der Waals surface area contributed by atoms with Gasteiger partial charge in [-0.1, -0.05) is 51.5 Å². The minimum absolute atomic E-state index is 0.0472. The quantitative estimate of drug-likeness (QED) is 0.283. The van der Waals surface area contributed by atoms with Gasteiger partial charge in [-0.25, -0.2) is 4.39 Å². The van der Waals surface area contributed by atoms with Crippen molar-refractivity contribution in [2.75, 3.05) is 10.6 Å². The van der Waals surface area contributed by atoms with E-state index in [-0.39, 0.29) is 28.3 Å². The number of ketones is 1. The summed E-state index contributed by atoms with van der Waals surface area (Å²) in [5, 5.41) is 14.0. The number of rotatable bonds is 7. The Hall–Kier alpha value is -4.07. The number of Topliss-reactive ketones (excluding diaryl/α,β-unsaturated/α-hetero) is 1. The molecule has 2 aromatic heterocycles. The molecule has 7 nitrogen and oxygen atoms in total. The van der Waals surface area contributed by atoms with Crippen molar-refractivity contribution in [3.8, 4) is 11.1 Å². The summed E-state index contributed by atoms with van der Waals surface area (Å²) in [5.74, 6) is 0.509. The zero-order valence-corrected chi connectivity index (χ0v) is 23.8. The van der Waals surface area contributed by atoms with Crippen molar-refractivity contribution >= 4 is 29.4 Å². The Morgan fingerprint density at radius 2 is 2.00 bits per heavy atom. The van der Waals surface area contributed by atoms with Crippen LogP contribution in [0.2, 0.25) is 0 Å². The van der Waals surface area contributed by atoms with Gasteiger partial charge in [0.1, 0.15) is 11.6 Å². The number of hydrogen-bond donors (Lipinski definition) is 3. The molecule has 1 saturated carbocycles. The van der Waals surface area contributed by atoms with Crippen molar-refractivity contribution in [2.45, 2.75) is 71.6 Å². The smallest absolute Gasteiger partial charge is 0.226 e. The fraction of sp³-hybridized carbons (Fsp3) is 0.394. The maximum absolute atomic E-state index is 13.7. The SMILES string of the molecule is CCC1(CC(=O)Nc2n[nH]c3c2C(/C=C/c2ccc(-c4cccc(F)c4)cn2)C2=C(CC(C)(C)CC2=O)N3)CCC1. The van der Waals surface area contributed by atoms with Gasteiger partial charge >= 0.3 is 0 Å². The zero-order valence-electron chi connectivity index (χ0n) is 23.8. The van der Waals surface area contributed by atoms with E-state index < -0.39 is 5.92 Å². The van der Waals surface area contributed by atoms with Gasteiger partial charge in [0.2, 0.25) is 5.91 Å². The summed E-state index contributed by atoms with van der Waals surface area (Å²) >= 11 is 0. The van der Waals surface area contributed by atoms with E-state index >= 15 is 0 Å². The zero-order chi connectivity index (χ0) is 28.8. The first-order valence-electron chi connectivity index (χ1n) is 14.5. The second kappa shape index (κ2) is 10.4. The number of fused-ring (bicyclic) bond motifs is 1. The third-order valence-corrected chi connectivity index (χ3v) is 8.98. The number of aromatic amines is 1. The fourth-order valence-electron chi connectivity index (χ4n) is 6.53. The Balaban J connectivity index is 1.32. The monoisotopic (exact) mass is 553 g/mol. The Morgan fingerprint density at radius 3 is 2.68 bits per heavy atom. The highest BCUT2D eigenvalue weighted by molar-refractivity contribution is 6.02. The van der Waals surface area contributed by atoms with E-state index in [1.807, 2.05) is 30.4 Å². The maximum atomic E-state index is 13.7. The molecule has 212 valence electrons. The van der Waals surface area contributed by atoms with E-state index in [0.717, 1.165) is 48.1 Å². The van der Waals surface area contributed by atoms with Gasteiger partial charge in [-0.05, 0) is 66.4 Å². The molecular weight excluding hydrogens is 517 g/mol. The van der Waals surface area contributed by atoms with Crippen LogP contribution in [0.5, 0.6) is 0 Å². The van der Waals surface area contributed by atoms with Gasteiger partial charge in [-0.3, -0.25) is 19.7 Å². The van der Waals surface area contributed by atoms with Gasteiger partial charge in [0.25, 0.3) is 0 Å². The van der Waals surface area contributed by atoms with Crippen LogP contribution in [0.1, 0.15) is 82.9 Å². The highest BCUT2D eigenvalue weighted by atomic mass is 19.1. The number of aromatic nitrogens is 3. The molecule has 6 rings (SSSR count). The normalized spacial score (nSPS) is 20.7. The molecule has 3 heterocycles. The highest BCUT2D eigenvalue weighted by Gasteiger charge is 2.42. The number of amides is 1. The van der Waals surface area contributed by atoms with Crippen LogP contribution in [0.25, 0.3) is 17.2 Å². The lowest BCUT2D eigenvalue weighted by atomic mass is 9.65. The molecule has 1 fully saturated rings. The molecule has 0 spiro atoms. The lowest BCUT2D eigenvalue weighted by Crippen LogP contribution is -2.34. The summed E-state index contributed by atoms with van der Waals surface area (Å²) in [6.07, 6.45) is 11.6. The van der Waals surface area contributed by atoms with Crippen LogP contribution < -0.4 is 10.6 Å². The number of H-pyrrole nitrogens is 1. The topological polar surface area (TPSA) is 99.8 Å². The lowest BCUT2D eigenvalue weighted by Gasteiger charge is -2.40. The van der Waals surface area contributed by atoms with Crippen molar-refractivity contribution < 1.29 is 14.0 Å². The number of nitrogens with one attached hydrogen (secondary N) is 3. The maximum Gasteiger partial charge on any atom is 0.226 e. The van der Waals surface area contributed by atoms with E-state index in [9.17, 15) is 14.0 Å². The van der Waals surface area contributed by atoms with Gasteiger partial charge in [0.05, 0.1) is 11.3 Å². The average molecular weight is 554 g/mol. The fourth-order valence-corrected chi connectivity index (χ4v) is 6.53. The molecule has 8 heteroatoms. The van der Waals surface area contributed by atoms with Gasteiger partial charge in [-0.15, -0.1) is 0 Å². The number of carbonyl (C=O) groups is 2. The van der Waals surface area contributed by atoms with E-state index in [0.29, 0.717) is 35.7 Å². The first kappa shape index (κ1) is 27.1. The van der Waals surface area contributed by atoms with Crippen molar-refractivity contribution in [3.05, 3.63) is 77.0 Å². The van der Waals surface area contributed by atoms with Crippen LogP contribution in [0.15, 0.2) is 59.9 Å². The van der Waals surface area contributed by atoms with E-state index in [2.05, 4.69) is 46.6 Å². The molecule has 1 atom stereocenters. The Labute approximate surface area is 239 Å².